The minimum absolute atomic E-state index is 0.0985. The fraction of sp³-hybridized carbons (Fsp3) is 0.294. The predicted octanol–water partition coefficient (Wildman–Crippen LogP) is 5.53. The van der Waals surface area contributed by atoms with Crippen molar-refractivity contribution >= 4 is 31.9 Å². The van der Waals surface area contributed by atoms with Gasteiger partial charge >= 0.3 is 0 Å². The van der Waals surface area contributed by atoms with Gasteiger partial charge in [0.15, 0.2) is 0 Å². The van der Waals surface area contributed by atoms with E-state index in [-0.39, 0.29) is 6.10 Å². The lowest BCUT2D eigenvalue weighted by atomic mass is 10.1. The van der Waals surface area contributed by atoms with Crippen LogP contribution in [-0.4, -0.2) is 11.9 Å². The molecule has 0 fully saturated rings. The van der Waals surface area contributed by atoms with E-state index in [1.807, 2.05) is 18.2 Å². The molecule has 0 bridgehead atoms. The van der Waals surface area contributed by atoms with Crippen LogP contribution in [0.2, 0.25) is 0 Å². The molecule has 2 rings (SSSR count). The molecule has 0 aliphatic rings. The zero-order chi connectivity index (χ0) is 14.2. The third-order valence-electron chi connectivity index (χ3n) is 3.16. The summed E-state index contributed by atoms with van der Waals surface area (Å²) >= 11 is 7.12. The van der Waals surface area contributed by atoms with Crippen molar-refractivity contribution in [2.24, 2.45) is 0 Å². The van der Waals surface area contributed by atoms with E-state index in [1.54, 1.807) is 0 Å². The molecule has 0 radical (unpaired) electrons. The Morgan fingerprint density at radius 2 is 1.65 bits per heavy atom. The van der Waals surface area contributed by atoms with Crippen LogP contribution >= 0.6 is 31.9 Å². The topological polar surface area (TPSA) is 9.23 Å². The first kappa shape index (κ1) is 15.7. The molecule has 0 amide bonds. The fourth-order valence-corrected chi connectivity index (χ4v) is 3.18. The molecule has 0 saturated carbocycles. The van der Waals surface area contributed by atoms with Crippen LogP contribution in [0.5, 0.6) is 0 Å². The van der Waals surface area contributed by atoms with Gasteiger partial charge in [0, 0.05) is 16.4 Å². The Kier molecular flexibility index (Phi) is 6.77. The van der Waals surface area contributed by atoms with E-state index >= 15 is 0 Å². The average Bonchev–Trinajstić information content (AvgIpc) is 2.50. The second kappa shape index (κ2) is 8.60. The van der Waals surface area contributed by atoms with Gasteiger partial charge < -0.3 is 4.74 Å². The van der Waals surface area contributed by atoms with E-state index in [1.165, 1.54) is 11.1 Å². The molecule has 20 heavy (non-hydrogen) atoms. The highest BCUT2D eigenvalue weighted by Crippen LogP contribution is 2.27. The van der Waals surface area contributed by atoms with Crippen LogP contribution in [0.1, 0.15) is 23.7 Å². The summed E-state index contributed by atoms with van der Waals surface area (Å²) in [5, 5.41) is 0.806. The molecular weight excluding hydrogens is 380 g/mol. The third kappa shape index (κ3) is 4.72. The van der Waals surface area contributed by atoms with Gasteiger partial charge in [0.2, 0.25) is 0 Å². The van der Waals surface area contributed by atoms with Gasteiger partial charge in [-0.3, -0.25) is 0 Å². The Balaban J connectivity index is 1.81. The SMILES string of the molecule is BrCC(OCCCc1ccccc1)c1ccccc1Br. The summed E-state index contributed by atoms with van der Waals surface area (Å²) in [6, 6.07) is 18.8. The molecule has 0 saturated heterocycles. The molecular formula is C17H18Br2O. The lowest BCUT2D eigenvalue weighted by Gasteiger charge is -2.17. The molecule has 2 aromatic carbocycles. The molecule has 1 unspecified atom stereocenters. The summed E-state index contributed by atoms with van der Waals surface area (Å²) in [7, 11) is 0. The Hall–Kier alpha value is -0.640. The molecule has 0 aliphatic carbocycles. The molecule has 1 atom stereocenters. The van der Waals surface area contributed by atoms with Crippen molar-refractivity contribution in [1.82, 2.24) is 0 Å². The first-order chi connectivity index (χ1) is 9.81. The Morgan fingerprint density at radius 1 is 0.950 bits per heavy atom. The molecule has 0 spiro atoms. The molecule has 2 aromatic rings. The second-order valence-electron chi connectivity index (χ2n) is 4.62. The monoisotopic (exact) mass is 396 g/mol. The highest BCUT2D eigenvalue weighted by Gasteiger charge is 2.13. The summed E-state index contributed by atoms with van der Waals surface area (Å²) < 4.78 is 7.11. The van der Waals surface area contributed by atoms with Crippen LogP contribution in [0.3, 0.4) is 0 Å². The average molecular weight is 398 g/mol. The van der Waals surface area contributed by atoms with Gasteiger partial charge in [0.1, 0.15) is 0 Å². The van der Waals surface area contributed by atoms with Gasteiger partial charge in [-0.2, -0.15) is 0 Å². The van der Waals surface area contributed by atoms with Crippen molar-refractivity contribution in [2.45, 2.75) is 18.9 Å². The minimum Gasteiger partial charge on any atom is -0.373 e. The summed E-state index contributed by atoms with van der Waals surface area (Å²) in [5.41, 5.74) is 2.57. The quantitative estimate of drug-likeness (QED) is 0.440. The largest absolute Gasteiger partial charge is 0.373 e. The van der Waals surface area contributed by atoms with E-state index in [4.69, 9.17) is 4.74 Å². The molecule has 0 N–H and O–H groups in total. The van der Waals surface area contributed by atoms with Crippen molar-refractivity contribution in [2.75, 3.05) is 11.9 Å². The van der Waals surface area contributed by atoms with Crippen LogP contribution in [0.25, 0.3) is 0 Å². The molecule has 106 valence electrons. The van der Waals surface area contributed by atoms with Gasteiger partial charge in [0.05, 0.1) is 6.10 Å². The normalized spacial score (nSPS) is 12.3. The minimum atomic E-state index is 0.0985. The highest BCUT2D eigenvalue weighted by atomic mass is 79.9. The van der Waals surface area contributed by atoms with Crippen LogP contribution in [0, 0.1) is 0 Å². The molecule has 0 heterocycles. The number of rotatable bonds is 7. The van der Waals surface area contributed by atoms with Gasteiger partial charge in [-0.05, 0) is 30.0 Å². The van der Waals surface area contributed by atoms with Crippen molar-refractivity contribution in [1.29, 1.82) is 0 Å². The maximum Gasteiger partial charge on any atom is 0.0932 e. The Bertz CT molecular complexity index is 513. The fourth-order valence-electron chi connectivity index (χ4n) is 2.10. The highest BCUT2D eigenvalue weighted by molar-refractivity contribution is 9.10. The Labute approximate surface area is 137 Å². The standard InChI is InChI=1S/C17H18Br2O/c18-13-17(15-10-4-5-11-16(15)19)20-12-6-9-14-7-2-1-3-8-14/h1-5,7-8,10-11,17H,6,9,12-13H2. The van der Waals surface area contributed by atoms with Crippen LogP contribution < -0.4 is 0 Å². The second-order valence-corrected chi connectivity index (χ2v) is 6.13. The summed E-state index contributed by atoms with van der Waals surface area (Å²) in [4.78, 5) is 0. The van der Waals surface area contributed by atoms with Gasteiger partial charge in [-0.15, -0.1) is 0 Å². The summed E-state index contributed by atoms with van der Waals surface area (Å²) in [5.74, 6) is 0. The number of hydrogen-bond acceptors (Lipinski definition) is 1. The van der Waals surface area contributed by atoms with Gasteiger partial charge in [-0.1, -0.05) is 80.4 Å². The number of benzene rings is 2. The molecule has 3 heteroatoms. The van der Waals surface area contributed by atoms with E-state index in [2.05, 4.69) is 68.3 Å². The lowest BCUT2D eigenvalue weighted by molar-refractivity contribution is 0.0677. The smallest absolute Gasteiger partial charge is 0.0932 e. The molecule has 1 nitrogen and oxygen atoms in total. The first-order valence-electron chi connectivity index (χ1n) is 6.77. The number of halogens is 2. The first-order valence-corrected chi connectivity index (χ1v) is 8.68. The summed E-state index contributed by atoms with van der Waals surface area (Å²) in [6.07, 6.45) is 2.20. The molecule has 0 aliphatic heterocycles. The van der Waals surface area contributed by atoms with Crippen molar-refractivity contribution in [3.05, 3.63) is 70.2 Å². The number of ether oxygens (including phenoxy) is 1. The lowest BCUT2D eigenvalue weighted by Crippen LogP contribution is -2.08. The van der Waals surface area contributed by atoms with E-state index in [9.17, 15) is 0 Å². The van der Waals surface area contributed by atoms with Gasteiger partial charge in [0.25, 0.3) is 0 Å². The van der Waals surface area contributed by atoms with Crippen molar-refractivity contribution < 1.29 is 4.74 Å². The zero-order valence-electron chi connectivity index (χ0n) is 11.3. The maximum absolute atomic E-state index is 6.00. The van der Waals surface area contributed by atoms with E-state index in [0.717, 1.165) is 29.3 Å². The zero-order valence-corrected chi connectivity index (χ0v) is 14.4. The van der Waals surface area contributed by atoms with Crippen molar-refractivity contribution in [3.63, 3.8) is 0 Å². The molecule has 0 aromatic heterocycles. The number of aryl methyl sites for hydroxylation is 1. The van der Waals surface area contributed by atoms with E-state index in [0.29, 0.717) is 0 Å². The van der Waals surface area contributed by atoms with Crippen LogP contribution in [0.15, 0.2) is 59.1 Å². The third-order valence-corrected chi connectivity index (χ3v) is 4.47. The number of hydrogen-bond donors (Lipinski definition) is 0. The number of alkyl halides is 1. The van der Waals surface area contributed by atoms with Crippen LogP contribution in [0.4, 0.5) is 0 Å². The van der Waals surface area contributed by atoms with Crippen LogP contribution in [-0.2, 0) is 11.2 Å². The predicted molar refractivity (Wildman–Crippen MR) is 91.4 cm³/mol. The van der Waals surface area contributed by atoms with E-state index < -0.39 is 0 Å². The maximum atomic E-state index is 6.00. The Morgan fingerprint density at radius 3 is 2.35 bits per heavy atom. The van der Waals surface area contributed by atoms with Crippen molar-refractivity contribution in [3.8, 4) is 0 Å². The summed E-state index contributed by atoms with van der Waals surface area (Å²) in [6.45, 7) is 0.770. The van der Waals surface area contributed by atoms with Gasteiger partial charge in [-0.25, -0.2) is 0 Å².